The van der Waals surface area contributed by atoms with Crippen molar-refractivity contribution in [3.8, 4) is 5.69 Å². The van der Waals surface area contributed by atoms with Gasteiger partial charge < -0.3 is 0 Å². The number of benzene rings is 1. The molecule has 0 unspecified atom stereocenters. The summed E-state index contributed by atoms with van der Waals surface area (Å²) in [6, 6.07) is 8.08. The molecule has 0 bridgehead atoms. The Labute approximate surface area is 82.6 Å². The van der Waals surface area contributed by atoms with Crippen molar-refractivity contribution in [1.82, 2.24) is 20.2 Å². The summed E-state index contributed by atoms with van der Waals surface area (Å²) in [5, 5.41) is 11.6. The molecule has 72 valence electrons. The molecule has 4 heteroatoms. The Kier molecular flexibility index (Phi) is 2.26. The van der Waals surface area contributed by atoms with Crippen LogP contribution in [0.4, 0.5) is 0 Å². The zero-order valence-corrected chi connectivity index (χ0v) is 8.25. The van der Waals surface area contributed by atoms with Crippen molar-refractivity contribution in [3.05, 3.63) is 36.2 Å². The molecule has 4 nitrogen and oxygen atoms in total. The maximum Gasteiger partial charge on any atom is 0.162 e. The highest BCUT2D eigenvalue weighted by Crippen LogP contribution is 2.20. The standard InChI is InChI=1S/C10H12N4/c1-8(2)9-5-3-4-6-10(9)14-12-7-11-13-14/h3-8H,1-2H3. The number of aromatic nitrogens is 4. The largest absolute Gasteiger partial charge is 0.162 e. The summed E-state index contributed by atoms with van der Waals surface area (Å²) in [4.78, 5) is 1.55. The Morgan fingerprint density at radius 3 is 2.64 bits per heavy atom. The van der Waals surface area contributed by atoms with Crippen molar-refractivity contribution in [1.29, 1.82) is 0 Å². The molecule has 0 radical (unpaired) electrons. The van der Waals surface area contributed by atoms with Gasteiger partial charge >= 0.3 is 0 Å². The van der Waals surface area contributed by atoms with Crippen LogP contribution in [0, 0.1) is 0 Å². The fourth-order valence-corrected chi connectivity index (χ4v) is 1.44. The van der Waals surface area contributed by atoms with Gasteiger partial charge in [-0.3, -0.25) is 0 Å². The second-order valence-electron chi connectivity index (χ2n) is 3.44. The van der Waals surface area contributed by atoms with E-state index in [4.69, 9.17) is 0 Å². The zero-order valence-electron chi connectivity index (χ0n) is 8.25. The van der Waals surface area contributed by atoms with Crippen LogP contribution in [0.5, 0.6) is 0 Å². The van der Waals surface area contributed by atoms with Crippen molar-refractivity contribution >= 4 is 0 Å². The molecule has 2 rings (SSSR count). The van der Waals surface area contributed by atoms with E-state index in [0.717, 1.165) is 5.69 Å². The molecule has 0 fully saturated rings. The SMILES string of the molecule is CC(C)c1ccccc1-n1ncnn1. The van der Waals surface area contributed by atoms with E-state index in [-0.39, 0.29) is 0 Å². The van der Waals surface area contributed by atoms with Crippen LogP contribution in [0.1, 0.15) is 25.3 Å². The van der Waals surface area contributed by atoms with Crippen molar-refractivity contribution in [2.75, 3.05) is 0 Å². The van der Waals surface area contributed by atoms with Crippen LogP contribution >= 0.6 is 0 Å². The highest BCUT2D eigenvalue weighted by molar-refractivity contribution is 5.40. The highest BCUT2D eigenvalue weighted by Gasteiger charge is 2.08. The van der Waals surface area contributed by atoms with Crippen LogP contribution in [0.2, 0.25) is 0 Å². The Morgan fingerprint density at radius 2 is 2.00 bits per heavy atom. The summed E-state index contributed by atoms with van der Waals surface area (Å²) in [6.45, 7) is 4.30. The van der Waals surface area contributed by atoms with E-state index in [1.165, 1.54) is 11.9 Å². The van der Waals surface area contributed by atoms with Gasteiger partial charge in [0.2, 0.25) is 0 Å². The third-order valence-electron chi connectivity index (χ3n) is 2.12. The van der Waals surface area contributed by atoms with E-state index in [2.05, 4.69) is 35.3 Å². The molecule has 0 aliphatic heterocycles. The molecule has 1 aromatic heterocycles. The van der Waals surface area contributed by atoms with Gasteiger partial charge in [0.15, 0.2) is 6.33 Å². The first-order chi connectivity index (χ1) is 6.79. The molecular weight excluding hydrogens is 176 g/mol. The maximum absolute atomic E-state index is 4.02. The fourth-order valence-electron chi connectivity index (χ4n) is 1.44. The monoisotopic (exact) mass is 188 g/mol. The first kappa shape index (κ1) is 8.87. The topological polar surface area (TPSA) is 43.6 Å². The molecule has 0 N–H and O–H groups in total. The maximum atomic E-state index is 4.02. The predicted octanol–water partition coefficient (Wildman–Crippen LogP) is 1.79. The molecule has 0 aliphatic carbocycles. The summed E-state index contributed by atoms with van der Waals surface area (Å²) in [6.07, 6.45) is 1.44. The van der Waals surface area contributed by atoms with E-state index in [0.29, 0.717) is 5.92 Å². The fraction of sp³-hybridized carbons (Fsp3) is 0.300. The Bertz CT molecular complexity index is 406. The van der Waals surface area contributed by atoms with Crippen LogP contribution in [0.15, 0.2) is 30.6 Å². The second-order valence-corrected chi connectivity index (χ2v) is 3.44. The summed E-state index contributed by atoms with van der Waals surface area (Å²) in [5.41, 5.74) is 2.23. The van der Waals surface area contributed by atoms with Gasteiger partial charge in [-0.2, -0.15) is 0 Å². The summed E-state index contributed by atoms with van der Waals surface area (Å²) in [5.74, 6) is 0.456. The van der Waals surface area contributed by atoms with Gasteiger partial charge in [-0.25, -0.2) is 0 Å². The van der Waals surface area contributed by atoms with Crippen LogP contribution in [0.3, 0.4) is 0 Å². The molecule has 1 aromatic carbocycles. The Balaban J connectivity index is 2.53. The Morgan fingerprint density at radius 1 is 1.21 bits per heavy atom. The van der Waals surface area contributed by atoms with Gasteiger partial charge in [0, 0.05) is 0 Å². The molecule has 2 aromatic rings. The molecule has 0 saturated heterocycles. The lowest BCUT2D eigenvalue weighted by molar-refractivity contribution is 0.701. The van der Waals surface area contributed by atoms with E-state index in [1.54, 1.807) is 4.80 Å². The normalized spacial score (nSPS) is 10.8. The van der Waals surface area contributed by atoms with E-state index < -0.39 is 0 Å². The van der Waals surface area contributed by atoms with Crippen molar-refractivity contribution in [2.24, 2.45) is 0 Å². The third kappa shape index (κ3) is 1.51. The predicted molar refractivity (Wildman–Crippen MR) is 53.2 cm³/mol. The van der Waals surface area contributed by atoms with Crippen LogP contribution in [-0.2, 0) is 0 Å². The quantitative estimate of drug-likeness (QED) is 0.721. The van der Waals surface area contributed by atoms with Gasteiger partial charge in [0.1, 0.15) is 0 Å². The summed E-state index contributed by atoms with van der Waals surface area (Å²) in [7, 11) is 0. The van der Waals surface area contributed by atoms with E-state index in [9.17, 15) is 0 Å². The molecule has 0 spiro atoms. The lowest BCUT2D eigenvalue weighted by Crippen LogP contribution is -2.04. The first-order valence-corrected chi connectivity index (χ1v) is 4.61. The second kappa shape index (κ2) is 3.57. The van der Waals surface area contributed by atoms with Crippen LogP contribution < -0.4 is 0 Å². The van der Waals surface area contributed by atoms with Crippen molar-refractivity contribution in [2.45, 2.75) is 19.8 Å². The number of rotatable bonds is 2. The number of para-hydroxylation sites is 1. The molecule has 0 atom stereocenters. The minimum Gasteiger partial charge on any atom is -0.135 e. The smallest absolute Gasteiger partial charge is 0.135 e. The Hall–Kier alpha value is -1.71. The lowest BCUT2D eigenvalue weighted by Gasteiger charge is -2.10. The number of hydrogen-bond donors (Lipinski definition) is 0. The first-order valence-electron chi connectivity index (χ1n) is 4.61. The number of tetrazole rings is 1. The molecule has 0 aliphatic rings. The third-order valence-corrected chi connectivity index (χ3v) is 2.12. The van der Waals surface area contributed by atoms with Crippen LogP contribution in [-0.4, -0.2) is 20.2 Å². The van der Waals surface area contributed by atoms with E-state index >= 15 is 0 Å². The average Bonchev–Trinajstić information content (AvgIpc) is 2.70. The molecule has 1 heterocycles. The van der Waals surface area contributed by atoms with Crippen molar-refractivity contribution < 1.29 is 0 Å². The number of nitrogens with zero attached hydrogens (tertiary/aromatic N) is 4. The molecular formula is C10H12N4. The van der Waals surface area contributed by atoms with E-state index in [1.807, 2.05) is 18.2 Å². The molecule has 14 heavy (non-hydrogen) atoms. The van der Waals surface area contributed by atoms with Gasteiger partial charge in [0.05, 0.1) is 5.69 Å². The van der Waals surface area contributed by atoms with Gasteiger partial charge in [-0.1, -0.05) is 32.0 Å². The molecule has 0 saturated carbocycles. The number of hydrogen-bond acceptors (Lipinski definition) is 3. The minimum atomic E-state index is 0.456. The summed E-state index contributed by atoms with van der Waals surface area (Å²) >= 11 is 0. The minimum absolute atomic E-state index is 0.456. The van der Waals surface area contributed by atoms with Crippen LogP contribution in [0.25, 0.3) is 5.69 Å². The van der Waals surface area contributed by atoms with Gasteiger partial charge in [0.25, 0.3) is 0 Å². The van der Waals surface area contributed by atoms with Gasteiger partial charge in [-0.15, -0.1) is 15.0 Å². The average molecular weight is 188 g/mol. The zero-order chi connectivity index (χ0) is 9.97. The van der Waals surface area contributed by atoms with Gasteiger partial charge in [-0.05, 0) is 22.8 Å². The molecule has 0 amide bonds. The highest BCUT2D eigenvalue weighted by atomic mass is 15.6. The lowest BCUT2D eigenvalue weighted by atomic mass is 10.0. The summed E-state index contributed by atoms with van der Waals surface area (Å²) < 4.78 is 0. The van der Waals surface area contributed by atoms with Crippen molar-refractivity contribution in [3.63, 3.8) is 0 Å².